The van der Waals surface area contributed by atoms with E-state index < -0.39 is 0 Å². The standard InChI is InChI=1S/C16H18N2OS/c1-2-7-16(19)18-20-15-11-6-4-9-13(15)12-8-3-5-10-14(12)17/h3-6,8-11H,2,7,17H2,1H3,(H,18,19). The second kappa shape index (κ2) is 7.01. The molecule has 0 bridgehead atoms. The van der Waals surface area contributed by atoms with Gasteiger partial charge in [-0.2, -0.15) is 0 Å². The van der Waals surface area contributed by atoms with E-state index in [0.29, 0.717) is 6.42 Å². The van der Waals surface area contributed by atoms with Crippen molar-refractivity contribution in [1.29, 1.82) is 0 Å². The third-order valence-electron chi connectivity index (χ3n) is 2.89. The molecule has 0 saturated carbocycles. The Balaban J connectivity index is 2.23. The molecule has 0 aliphatic carbocycles. The first-order valence-electron chi connectivity index (χ1n) is 6.62. The third kappa shape index (κ3) is 3.54. The second-order valence-corrected chi connectivity index (χ2v) is 5.31. The number of nitrogen functional groups attached to an aromatic ring is 1. The molecule has 4 heteroatoms. The molecule has 1 amide bonds. The Labute approximate surface area is 123 Å². The summed E-state index contributed by atoms with van der Waals surface area (Å²) in [6.07, 6.45) is 1.39. The Morgan fingerprint density at radius 1 is 1.10 bits per heavy atom. The molecule has 3 nitrogen and oxygen atoms in total. The van der Waals surface area contributed by atoms with Gasteiger partial charge in [-0.25, -0.2) is 0 Å². The van der Waals surface area contributed by atoms with Crippen molar-refractivity contribution in [2.75, 3.05) is 5.73 Å². The van der Waals surface area contributed by atoms with Crippen molar-refractivity contribution in [2.45, 2.75) is 24.7 Å². The quantitative estimate of drug-likeness (QED) is 0.648. The van der Waals surface area contributed by atoms with Crippen molar-refractivity contribution in [3.05, 3.63) is 48.5 Å². The highest BCUT2D eigenvalue weighted by atomic mass is 32.2. The van der Waals surface area contributed by atoms with Crippen LogP contribution in [0.25, 0.3) is 11.1 Å². The van der Waals surface area contributed by atoms with Crippen LogP contribution in [0.15, 0.2) is 53.4 Å². The molecule has 0 fully saturated rings. The average Bonchev–Trinajstić information content (AvgIpc) is 2.46. The molecule has 0 aromatic heterocycles. The summed E-state index contributed by atoms with van der Waals surface area (Å²) in [7, 11) is 0. The molecule has 2 rings (SSSR count). The van der Waals surface area contributed by atoms with E-state index in [9.17, 15) is 4.79 Å². The van der Waals surface area contributed by atoms with Crippen molar-refractivity contribution in [3.8, 4) is 11.1 Å². The van der Waals surface area contributed by atoms with Crippen LogP contribution in [0.1, 0.15) is 19.8 Å². The van der Waals surface area contributed by atoms with Crippen LogP contribution in [-0.4, -0.2) is 5.91 Å². The molecule has 104 valence electrons. The summed E-state index contributed by atoms with van der Waals surface area (Å²) in [5.41, 5.74) is 8.79. The zero-order chi connectivity index (χ0) is 14.4. The van der Waals surface area contributed by atoms with Crippen LogP contribution in [0, 0.1) is 0 Å². The molecule has 0 unspecified atom stereocenters. The van der Waals surface area contributed by atoms with Gasteiger partial charge in [0.15, 0.2) is 0 Å². The predicted molar refractivity (Wildman–Crippen MR) is 85.2 cm³/mol. The van der Waals surface area contributed by atoms with E-state index in [1.165, 1.54) is 11.9 Å². The van der Waals surface area contributed by atoms with E-state index >= 15 is 0 Å². The van der Waals surface area contributed by atoms with Crippen molar-refractivity contribution in [1.82, 2.24) is 4.72 Å². The number of nitrogens with two attached hydrogens (primary N) is 1. The predicted octanol–water partition coefficient (Wildman–Crippen LogP) is 3.86. The monoisotopic (exact) mass is 286 g/mol. The van der Waals surface area contributed by atoms with E-state index in [2.05, 4.69) is 4.72 Å². The molecule has 0 radical (unpaired) electrons. The lowest BCUT2D eigenvalue weighted by atomic mass is 10.0. The zero-order valence-electron chi connectivity index (χ0n) is 11.4. The fourth-order valence-electron chi connectivity index (χ4n) is 1.91. The summed E-state index contributed by atoms with van der Waals surface area (Å²) in [6.45, 7) is 1.99. The van der Waals surface area contributed by atoms with Gasteiger partial charge in [-0.3, -0.25) is 9.52 Å². The highest BCUT2D eigenvalue weighted by molar-refractivity contribution is 7.98. The van der Waals surface area contributed by atoms with Crippen LogP contribution in [0.5, 0.6) is 0 Å². The molecule has 0 spiro atoms. The molecule has 20 heavy (non-hydrogen) atoms. The van der Waals surface area contributed by atoms with Crippen LogP contribution in [0.3, 0.4) is 0 Å². The van der Waals surface area contributed by atoms with Gasteiger partial charge in [0, 0.05) is 22.6 Å². The first kappa shape index (κ1) is 14.5. The number of nitrogens with one attached hydrogen (secondary N) is 1. The lowest BCUT2D eigenvalue weighted by Gasteiger charge is -2.11. The van der Waals surface area contributed by atoms with Crippen LogP contribution in [0.4, 0.5) is 5.69 Å². The largest absolute Gasteiger partial charge is 0.398 e. The average molecular weight is 286 g/mol. The number of hydrogen-bond donors (Lipinski definition) is 2. The minimum atomic E-state index is 0.0494. The molecular weight excluding hydrogens is 268 g/mol. The zero-order valence-corrected chi connectivity index (χ0v) is 12.2. The first-order chi connectivity index (χ1) is 9.72. The van der Waals surface area contributed by atoms with Crippen LogP contribution < -0.4 is 10.5 Å². The van der Waals surface area contributed by atoms with Gasteiger partial charge in [0.05, 0.1) is 0 Å². The van der Waals surface area contributed by atoms with E-state index in [1.54, 1.807) is 0 Å². The summed E-state index contributed by atoms with van der Waals surface area (Å²) in [5, 5.41) is 0. The third-order valence-corrected chi connectivity index (χ3v) is 3.80. The molecule has 3 N–H and O–H groups in total. The Morgan fingerprint density at radius 3 is 2.45 bits per heavy atom. The van der Waals surface area contributed by atoms with Gasteiger partial charge >= 0.3 is 0 Å². The molecular formula is C16H18N2OS. The molecule has 0 aliphatic rings. The summed E-state index contributed by atoms with van der Waals surface area (Å²) in [6, 6.07) is 15.7. The molecule has 0 atom stereocenters. The van der Waals surface area contributed by atoms with Gasteiger partial charge < -0.3 is 5.73 Å². The maximum Gasteiger partial charge on any atom is 0.230 e. The molecule has 2 aromatic carbocycles. The van der Waals surface area contributed by atoms with Gasteiger partial charge in [-0.05, 0) is 36.1 Å². The number of rotatable bonds is 5. The normalized spacial score (nSPS) is 10.2. The van der Waals surface area contributed by atoms with Crippen LogP contribution in [-0.2, 0) is 4.79 Å². The van der Waals surface area contributed by atoms with Gasteiger partial charge in [-0.15, -0.1) is 0 Å². The summed E-state index contributed by atoms with van der Waals surface area (Å²) in [4.78, 5) is 12.6. The van der Waals surface area contributed by atoms with E-state index in [-0.39, 0.29) is 5.91 Å². The molecule has 2 aromatic rings. The maximum atomic E-state index is 11.6. The van der Waals surface area contributed by atoms with Crippen LogP contribution >= 0.6 is 11.9 Å². The first-order valence-corrected chi connectivity index (χ1v) is 7.43. The number of anilines is 1. The van der Waals surface area contributed by atoms with Gasteiger partial charge in [0.1, 0.15) is 0 Å². The van der Waals surface area contributed by atoms with E-state index in [0.717, 1.165) is 28.1 Å². The van der Waals surface area contributed by atoms with Crippen LogP contribution in [0.2, 0.25) is 0 Å². The Kier molecular flexibility index (Phi) is 5.07. The van der Waals surface area contributed by atoms with Gasteiger partial charge in [0.25, 0.3) is 0 Å². The number of amides is 1. The fraction of sp³-hybridized carbons (Fsp3) is 0.188. The second-order valence-electron chi connectivity index (χ2n) is 4.46. The van der Waals surface area contributed by atoms with E-state index in [4.69, 9.17) is 5.73 Å². The molecule has 0 aliphatic heterocycles. The lowest BCUT2D eigenvalue weighted by Crippen LogP contribution is -2.14. The number of carbonyl (C=O) groups excluding carboxylic acids is 1. The highest BCUT2D eigenvalue weighted by Crippen LogP contribution is 2.33. The summed E-state index contributed by atoms with van der Waals surface area (Å²) in [5.74, 6) is 0.0494. The smallest absolute Gasteiger partial charge is 0.230 e. The van der Waals surface area contributed by atoms with Gasteiger partial charge in [0.2, 0.25) is 5.91 Å². The summed E-state index contributed by atoms with van der Waals surface area (Å²) >= 11 is 1.34. The van der Waals surface area contributed by atoms with Crippen molar-refractivity contribution in [3.63, 3.8) is 0 Å². The van der Waals surface area contributed by atoms with Crippen molar-refractivity contribution in [2.24, 2.45) is 0 Å². The maximum absolute atomic E-state index is 11.6. The van der Waals surface area contributed by atoms with Crippen molar-refractivity contribution < 1.29 is 4.79 Å². The Morgan fingerprint density at radius 2 is 1.75 bits per heavy atom. The number of benzene rings is 2. The molecule has 0 heterocycles. The van der Waals surface area contributed by atoms with Crippen molar-refractivity contribution >= 4 is 23.5 Å². The molecule has 0 saturated heterocycles. The number of hydrogen-bond acceptors (Lipinski definition) is 3. The number of carbonyl (C=O) groups is 1. The van der Waals surface area contributed by atoms with Gasteiger partial charge in [-0.1, -0.05) is 43.3 Å². The number of para-hydroxylation sites is 1. The fourth-order valence-corrected chi connectivity index (χ4v) is 2.67. The summed E-state index contributed by atoms with van der Waals surface area (Å²) < 4.78 is 2.87. The topological polar surface area (TPSA) is 55.1 Å². The minimum Gasteiger partial charge on any atom is -0.398 e. The SMILES string of the molecule is CCCC(=O)NSc1ccccc1-c1ccccc1N. The highest BCUT2D eigenvalue weighted by Gasteiger charge is 2.09. The minimum absolute atomic E-state index is 0.0494. The lowest BCUT2D eigenvalue weighted by molar-refractivity contribution is -0.119. The Hall–Kier alpha value is -1.94. The van der Waals surface area contributed by atoms with E-state index in [1.807, 2.05) is 55.5 Å². The Bertz CT molecular complexity index is 599.